The largest absolute Gasteiger partial charge is 0.476 e. The highest BCUT2D eigenvalue weighted by Gasteiger charge is 2.59. The highest BCUT2D eigenvalue weighted by Crippen LogP contribution is 2.62. The van der Waals surface area contributed by atoms with Crippen molar-refractivity contribution in [3.63, 3.8) is 0 Å². The first-order chi connectivity index (χ1) is 14.6. The second-order valence-corrected chi connectivity index (χ2v) is 9.27. The van der Waals surface area contributed by atoms with Gasteiger partial charge in [-0.1, -0.05) is 37.3 Å². The van der Waals surface area contributed by atoms with E-state index in [-0.39, 0.29) is 23.1 Å². The summed E-state index contributed by atoms with van der Waals surface area (Å²) in [6.45, 7) is 3.67. The Hall–Kier alpha value is -2.94. The number of nitriles is 1. The maximum atomic E-state index is 13.5. The molecule has 3 unspecified atom stereocenters. The fourth-order valence-electron chi connectivity index (χ4n) is 5.84. The monoisotopic (exact) mass is 402 g/mol. The van der Waals surface area contributed by atoms with Crippen molar-refractivity contribution in [2.24, 2.45) is 23.2 Å². The molecule has 3 atom stereocenters. The summed E-state index contributed by atoms with van der Waals surface area (Å²) in [5.41, 5.74) is 1.61. The normalized spacial score (nSPS) is 31.8. The van der Waals surface area contributed by atoms with E-state index in [2.05, 4.69) is 46.1 Å². The minimum Gasteiger partial charge on any atom is -0.476 e. The van der Waals surface area contributed by atoms with Gasteiger partial charge in [-0.3, -0.25) is 4.79 Å². The molecule has 4 aliphatic rings. The van der Waals surface area contributed by atoms with Gasteiger partial charge in [0.05, 0.1) is 25.0 Å². The topological polar surface area (TPSA) is 79.1 Å². The molecule has 6 heteroatoms. The van der Waals surface area contributed by atoms with Gasteiger partial charge >= 0.3 is 0 Å². The molecule has 1 amide bonds. The first kappa shape index (κ1) is 19.0. The molecule has 154 valence electrons. The molecule has 0 N–H and O–H groups in total. The smallest absolute Gasteiger partial charge is 0.232 e. The summed E-state index contributed by atoms with van der Waals surface area (Å²) in [5.74, 6) is 1.84. The van der Waals surface area contributed by atoms with Crippen molar-refractivity contribution in [3.8, 4) is 11.9 Å². The van der Waals surface area contributed by atoms with E-state index in [9.17, 15) is 4.79 Å². The molecule has 2 aromatic rings. The van der Waals surface area contributed by atoms with Gasteiger partial charge in [-0.2, -0.15) is 5.26 Å². The van der Waals surface area contributed by atoms with Crippen LogP contribution < -0.4 is 4.74 Å². The maximum absolute atomic E-state index is 13.5. The number of nitrogens with zero attached hydrogens (tertiary/aromatic N) is 4. The average Bonchev–Trinajstić information content (AvgIpc) is 3.44. The maximum Gasteiger partial charge on any atom is 0.232 e. The zero-order chi connectivity index (χ0) is 20.7. The molecule has 30 heavy (non-hydrogen) atoms. The Kier molecular flexibility index (Phi) is 4.69. The van der Waals surface area contributed by atoms with Crippen LogP contribution in [0, 0.1) is 34.5 Å². The highest BCUT2D eigenvalue weighted by atomic mass is 16.5. The molecule has 2 heterocycles. The van der Waals surface area contributed by atoms with Gasteiger partial charge in [0, 0.05) is 17.9 Å². The molecule has 4 fully saturated rings. The number of amides is 1. The van der Waals surface area contributed by atoms with Gasteiger partial charge in [0.1, 0.15) is 6.07 Å². The van der Waals surface area contributed by atoms with E-state index in [0.29, 0.717) is 30.2 Å². The zero-order valence-electron chi connectivity index (χ0n) is 17.2. The van der Waals surface area contributed by atoms with Crippen molar-refractivity contribution in [2.45, 2.75) is 38.6 Å². The lowest BCUT2D eigenvalue weighted by Crippen LogP contribution is -2.38. The second-order valence-electron chi connectivity index (χ2n) is 9.27. The number of ether oxygens (including phenoxy) is 1. The predicted molar refractivity (Wildman–Crippen MR) is 110 cm³/mol. The zero-order valence-corrected chi connectivity index (χ0v) is 17.2. The van der Waals surface area contributed by atoms with Crippen molar-refractivity contribution in [3.05, 3.63) is 54.0 Å². The van der Waals surface area contributed by atoms with Crippen LogP contribution in [0.25, 0.3) is 0 Å². The lowest BCUT2D eigenvalue weighted by molar-refractivity contribution is -0.137. The number of carbonyl (C=O) groups is 1. The minimum absolute atomic E-state index is 0.0775. The molecule has 6 rings (SSSR count). The van der Waals surface area contributed by atoms with Gasteiger partial charge in [0.25, 0.3) is 0 Å². The number of aromatic nitrogens is 2. The van der Waals surface area contributed by atoms with Crippen molar-refractivity contribution in [1.29, 1.82) is 5.26 Å². The Labute approximate surface area is 176 Å². The summed E-state index contributed by atoms with van der Waals surface area (Å²) in [5, 5.41) is 8.83. The summed E-state index contributed by atoms with van der Waals surface area (Å²) in [6.07, 6.45) is 6.98. The standard InChI is InChI=1S/C24H26N4O2/c1-16-7-8-28(22(16)17-5-3-2-4-6-17)23(29)20-11-24(9-18(20)10-24)15-30-21-14-26-19(12-25)13-27-21/h2-6,13-14,16,18,20,22H,7-11,15H2,1H3. The van der Waals surface area contributed by atoms with Gasteiger partial charge in [0.2, 0.25) is 11.8 Å². The average molecular weight is 402 g/mol. The molecule has 6 nitrogen and oxygen atoms in total. The Bertz CT molecular complexity index is 963. The number of likely N-dealkylation sites (tertiary alicyclic amines) is 1. The molecule has 1 aliphatic heterocycles. The number of fused-ring (bicyclic) bond motifs is 1. The van der Waals surface area contributed by atoms with Crippen LogP contribution in [0.5, 0.6) is 5.88 Å². The van der Waals surface area contributed by atoms with E-state index >= 15 is 0 Å². The Balaban J connectivity index is 1.24. The summed E-state index contributed by atoms with van der Waals surface area (Å²) in [7, 11) is 0. The molecule has 2 bridgehead atoms. The van der Waals surface area contributed by atoms with Crippen LogP contribution in [0.2, 0.25) is 0 Å². The van der Waals surface area contributed by atoms with Gasteiger partial charge in [-0.25, -0.2) is 9.97 Å². The number of rotatable bonds is 5. The van der Waals surface area contributed by atoms with Crippen molar-refractivity contribution in [2.75, 3.05) is 13.2 Å². The molecule has 1 saturated heterocycles. The fraction of sp³-hybridized carbons (Fsp3) is 0.500. The van der Waals surface area contributed by atoms with E-state index in [4.69, 9.17) is 10.00 Å². The van der Waals surface area contributed by atoms with Gasteiger partial charge in [-0.15, -0.1) is 0 Å². The summed E-state index contributed by atoms with van der Waals surface area (Å²) in [6, 6.07) is 12.6. The third-order valence-electron chi connectivity index (χ3n) is 7.32. The minimum atomic E-state index is 0.0775. The Morgan fingerprint density at radius 2 is 2.03 bits per heavy atom. The van der Waals surface area contributed by atoms with Crippen LogP contribution in [0.3, 0.4) is 0 Å². The molecule has 1 aromatic heterocycles. The third kappa shape index (κ3) is 3.23. The third-order valence-corrected chi connectivity index (χ3v) is 7.32. The van der Waals surface area contributed by atoms with Crippen LogP contribution in [-0.4, -0.2) is 33.9 Å². The lowest BCUT2D eigenvalue weighted by atomic mass is 9.70. The van der Waals surface area contributed by atoms with E-state index in [1.165, 1.54) is 18.0 Å². The van der Waals surface area contributed by atoms with Crippen LogP contribution in [0.4, 0.5) is 0 Å². The fourth-order valence-corrected chi connectivity index (χ4v) is 5.84. The van der Waals surface area contributed by atoms with Gasteiger partial charge in [0.15, 0.2) is 5.69 Å². The van der Waals surface area contributed by atoms with E-state index in [1.807, 2.05) is 12.1 Å². The molecular weight excluding hydrogens is 376 g/mol. The lowest BCUT2D eigenvalue weighted by Gasteiger charge is -2.38. The van der Waals surface area contributed by atoms with Crippen LogP contribution >= 0.6 is 0 Å². The molecule has 0 radical (unpaired) electrons. The van der Waals surface area contributed by atoms with E-state index in [0.717, 1.165) is 32.2 Å². The van der Waals surface area contributed by atoms with E-state index < -0.39 is 0 Å². The predicted octanol–water partition coefficient (Wildman–Crippen LogP) is 3.75. The van der Waals surface area contributed by atoms with Crippen molar-refractivity contribution < 1.29 is 9.53 Å². The number of hydrogen-bond donors (Lipinski definition) is 0. The Morgan fingerprint density at radius 1 is 1.23 bits per heavy atom. The van der Waals surface area contributed by atoms with Crippen LogP contribution in [-0.2, 0) is 4.79 Å². The second kappa shape index (κ2) is 7.39. The van der Waals surface area contributed by atoms with E-state index in [1.54, 1.807) is 0 Å². The number of benzene rings is 1. The summed E-state index contributed by atoms with van der Waals surface area (Å²) < 4.78 is 5.88. The summed E-state index contributed by atoms with van der Waals surface area (Å²) in [4.78, 5) is 23.8. The van der Waals surface area contributed by atoms with Crippen molar-refractivity contribution in [1.82, 2.24) is 14.9 Å². The molecule has 1 aromatic carbocycles. The first-order valence-electron chi connectivity index (χ1n) is 10.8. The first-order valence-corrected chi connectivity index (χ1v) is 10.8. The van der Waals surface area contributed by atoms with Crippen LogP contribution in [0.1, 0.15) is 49.9 Å². The van der Waals surface area contributed by atoms with Crippen molar-refractivity contribution >= 4 is 5.91 Å². The van der Waals surface area contributed by atoms with Crippen LogP contribution in [0.15, 0.2) is 42.7 Å². The van der Waals surface area contributed by atoms with Gasteiger partial charge < -0.3 is 9.64 Å². The summed E-state index contributed by atoms with van der Waals surface area (Å²) >= 11 is 0. The molecule has 3 saturated carbocycles. The quantitative estimate of drug-likeness (QED) is 0.761. The highest BCUT2D eigenvalue weighted by molar-refractivity contribution is 5.81. The molecule has 3 aliphatic carbocycles. The molecular formula is C24H26N4O2. The number of carbonyl (C=O) groups excluding carboxylic acids is 1. The molecule has 0 spiro atoms. The Morgan fingerprint density at radius 3 is 2.73 bits per heavy atom. The SMILES string of the molecule is CC1CCN(C(=O)C2CC3(COc4cnc(C#N)cn4)CC2C3)C1c1ccccc1. The van der Waals surface area contributed by atoms with Gasteiger partial charge in [-0.05, 0) is 43.1 Å². The number of hydrogen-bond acceptors (Lipinski definition) is 5.